The Morgan fingerprint density at radius 2 is 2.31 bits per heavy atom. The average molecular weight is 177 g/mol. The molecule has 0 aliphatic carbocycles. The van der Waals surface area contributed by atoms with E-state index in [-0.39, 0.29) is 11.6 Å². The van der Waals surface area contributed by atoms with Crippen molar-refractivity contribution in [2.45, 2.75) is 26.3 Å². The number of hydrogen-bond acceptors (Lipinski definition) is 3. The third-order valence-electron chi connectivity index (χ3n) is 2.11. The van der Waals surface area contributed by atoms with Gasteiger partial charge in [0.05, 0.1) is 12.0 Å². The van der Waals surface area contributed by atoms with Gasteiger partial charge in [-0.3, -0.25) is 14.4 Å². The minimum Gasteiger partial charge on any atom is -0.295 e. The minimum atomic E-state index is -0.0336. The number of aromatic nitrogens is 2. The van der Waals surface area contributed by atoms with Gasteiger partial charge >= 0.3 is 0 Å². The Balaban J connectivity index is 2.65. The molecule has 13 heavy (non-hydrogen) atoms. The molecule has 2 rings (SSSR count). The van der Waals surface area contributed by atoms with E-state index < -0.39 is 0 Å². The molecule has 68 valence electrons. The van der Waals surface area contributed by atoms with Gasteiger partial charge in [0, 0.05) is 18.7 Å². The average Bonchev–Trinajstić information content (AvgIpc) is 2.52. The first-order valence-electron chi connectivity index (χ1n) is 4.32. The third-order valence-corrected chi connectivity index (χ3v) is 2.11. The lowest BCUT2D eigenvalue weighted by atomic mass is 10.3. The van der Waals surface area contributed by atoms with E-state index in [1.54, 1.807) is 17.1 Å². The summed E-state index contributed by atoms with van der Waals surface area (Å²) < 4.78 is 1.60. The van der Waals surface area contributed by atoms with Crippen LogP contribution in [0, 0.1) is 0 Å². The summed E-state index contributed by atoms with van der Waals surface area (Å²) in [6.07, 6.45) is 4.01. The highest BCUT2D eigenvalue weighted by Crippen LogP contribution is 2.16. The summed E-state index contributed by atoms with van der Waals surface area (Å²) in [6.45, 7) is 3.91. The first-order chi connectivity index (χ1) is 6.20. The molecule has 0 spiro atoms. The highest BCUT2D eigenvalue weighted by Gasteiger charge is 2.14. The molecule has 1 aromatic heterocycles. The van der Waals surface area contributed by atoms with E-state index in [1.165, 1.54) is 0 Å². The largest absolute Gasteiger partial charge is 0.295 e. The molecule has 0 saturated carbocycles. The maximum absolute atomic E-state index is 11.7. The molecule has 0 amide bonds. The van der Waals surface area contributed by atoms with E-state index in [0.29, 0.717) is 12.1 Å². The molecular weight excluding hydrogens is 166 g/mol. The standard InChI is InChI=1S/C9H11N3O/c1-6(2)12-5-11-7-3-4-10-8(7)9(12)13/h4-6H,3H2,1-2H3. The predicted octanol–water partition coefficient (Wildman–Crippen LogP) is 1.08. The Morgan fingerprint density at radius 3 is 3.00 bits per heavy atom. The molecule has 0 radical (unpaired) electrons. The van der Waals surface area contributed by atoms with Crippen LogP contribution in [-0.2, 0) is 6.42 Å². The molecule has 0 bridgehead atoms. The summed E-state index contributed by atoms with van der Waals surface area (Å²) in [5.41, 5.74) is 1.27. The number of rotatable bonds is 1. The van der Waals surface area contributed by atoms with Gasteiger partial charge in [0.25, 0.3) is 5.56 Å². The first kappa shape index (κ1) is 8.16. The van der Waals surface area contributed by atoms with Crippen LogP contribution in [-0.4, -0.2) is 15.8 Å². The second kappa shape index (κ2) is 2.80. The molecule has 0 N–H and O–H groups in total. The van der Waals surface area contributed by atoms with Gasteiger partial charge in [0.15, 0.2) is 0 Å². The van der Waals surface area contributed by atoms with Crippen molar-refractivity contribution in [1.29, 1.82) is 0 Å². The smallest absolute Gasteiger partial charge is 0.279 e. The number of hydrogen-bond donors (Lipinski definition) is 0. The lowest BCUT2D eigenvalue weighted by Crippen LogP contribution is -2.22. The Morgan fingerprint density at radius 1 is 1.54 bits per heavy atom. The van der Waals surface area contributed by atoms with Gasteiger partial charge in [-0.2, -0.15) is 0 Å². The quantitative estimate of drug-likeness (QED) is 0.644. The van der Waals surface area contributed by atoms with Crippen molar-refractivity contribution in [3.8, 4) is 0 Å². The zero-order valence-electron chi connectivity index (χ0n) is 7.69. The second-order valence-electron chi connectivity index (χ2n) is 3.36. The van der Waals surface area contributed by atoms with Gasteiger partial charge in [-0.15, -0.1) is 0 Å². The van der Waals surface area contributed by atoms with Crippen LogP contribution >= 0.6 is 0 Å². The Hall–Kier alpha value is -1.45. The number of fused-ring (bicyclic) bond motifs is 1. The van der Waals surface area contributed by atoms with Crippen molar-refractivity contribution in [2.75, 3.05) is 0 Å². The summed E-state index contributed by atoms with van der Waals surface area (Å²) in [6, 6.07) is 0.140. The van der Waals surface area contributed by atoms with Gasteiger partial charge in [-0.25, -0.2) is 4.98 Å². The highest BCUT2D eigenvalue weighted by atomic mass is 16.1. The maximum Gasteiger partial charge on any atom is 0.279 e. The highest BCUT2D eigenvalue weighted by molar-refractivity contribution is 5.73. The summed E-state index contributed by atoms with van der Waals surface area (Å²) in [4.78, 5) is 19.9. The summed E-state index contributed by atoms with van der Waals surface area (Å²) in [7, 11) is 0. The zero-order valence-corrected chi connectivity index (χ0v) is 7.69. The van der Waals surface area contributed by atoms with Crippen LogP contribution in [0.3, 0.4) is 0 Å². The lowest BCUT2D eigenvalue weighted by Gasteiger charge is -2.09. The van der Waals surface area contributed by atoms with Crippen LogP contribution < -0.4 is 5.56 Å². The Kier molecular flexibility index (Phi) is 1.76. The van der Waals surface area contributed by atoms with E-state index in [9.17, 15) is 4.79 Å². The summed E-state index contributed by atoms with van der Waals surface area (Å²) in [5.74, 6) is 0. The molecule has 1 aliphatic heterocycles. The van der Waals surface area contributed by atoms with E-state index >= 15 is 0 Å². The molecule has 0 unspecified atom stereocenters. The van der Waals surface area contributed by atoms with E-state index in [0.717, 1.165) is 5.69 Å². The van der Waals surface area contributed by atoms with Crippen LogP contribution in [0.5, 0.6) is 0 Å². The van der Waals surface area contributed by atoms with Crippen LogP contribution in [0.2, 0.25) is 0 Å². The van der Waals surface area contributed by atoms with Crippen molar-refractivity contribution >= 4 is 11.9 Å². The molecule has 0 fully saturated rings. The third kappa shape index (κ3) is 1.18. The molecule has 4 heteroatoms. The SMILES string of the molecule is CC(C)n1cnc2c(c1=O)N=CC2. The van der Waals surface area contributed by atoms with Gasteiger partial charge in [0.2, 0.25) is 0 Å². The van der Waals surface area contributed by atoms with Crippen molar-refractivity contribution in [2.24, 2.45) is 4.99 Å². The first-order valence-corrected chi connectivity index (χ1v) is 4.32. The summed E-state index contributed by atoms with van der Waals surface area (Å²) >= 11 is 0. The zero-order chi connectivity index (χ0) is 9.42. The van der Waals surface area contributed by atoms with Crippen molar-refractivity contribution in [3.05, 3.63) is 22.4 Å². The maximum atomic E-state index is 11.7. The van der Waals surface area contributed by atoms with Gasteiger partial charge < -0.3 is 0 Å². The van der Waals surface area contributed by atoms with Gasteiger partial charge in [-0.1, -0.05) is 0 Å². The van der Waals surface area contributed by atoms with E-state index in [4.69, 9.17) is 0 Å². The molecular formula is C9H11N3O. The fraction of sp³-hybridized carbons (Fsp3) is 0.444. The number of nitrogens with zero attached hydrogens (tertiary/aromatic N) is 3. The monoisotopic (exact) mass is 177 g/mol. The minimum absolute atomic E-state index is 0.0336. The van der Waals surface area contributed by atoms with E-state index in [1.807, 2.05) is 13.8 Å². The Bertz CT molecular complexity index is 417. The molecule has 0 saturated heterocycles. The topological polar surface area (TPSA) is 47.2 Å². The van der Waals surface area contributed by atoms with Crippen molar-refractivity contribution < 1.29 is 0 Å². The fourth-order valence-corrected chi connectivity index (χ4v) is 1.36. The van der Waals surface area contributed by atoms with Crippen molar-refractivity contribution in [3.63, 3.8) is 0 Å². The van der Waals surface area contributed by atoms with Gasteiger partial charge in [0.1, 0.15) is 5.69 Å². The molecule has 0 atom stereocenters. The molecule has 1 aliphatic rings. The van der Waals surface area contributed by atoms with Crippen LogP contribution in [0.15, 0.2) is 16.1 Å². The van der Waals surface area contributed by atoms with Crippen LogP contribution in [0.4, 0.5) is 5.69 Å². The predicted molar refractivity (Wildman–Crippen MR) is 50.7 cm³/mol. The molecule has 1 aromatic rings. The van der Waals surface area contributed by atoms with E-state index in [2.05, 4.69) is 9.98 Å². The van der Waals surface area contributed by atoms with Crippen LogP contribution in [0.25, 0.3) is 0 Å². The number of aliphatic imine (C=N–C) groups is 1. The molecule has 4 nitrogen and oxygen atoms in total. The van der Waals surface area contributed by atoms with Crippen LogP contribution in [0.1, 0.15) is 25.6 Å². The molecule has 2 heterocycles. The normalized spacial score (nSPS) is 13.8. The second-order valence-corrected chi connectivity index (χ2v) is 3.36. The Labute approximate surface area is 76.0 Å². The fourth-order valence-electron chi connectivity index (χ4n) is 1.36. The lowest BCUT2D eigenvalue weighted by molar-refractivity contribution is 0.567. The van der Waals surface area contributed by atoms with Crippen molar-refractivity contribution in [1.82, 2.24) is 9.55 Å². The van der Waals surface area contributed by atoms with Gasteiger partial charge in [-0.05, 0) is 13.8 Å². The summed E-state index contributed by atoms with van der Waals surface area (Å²) in [5, 5.41) is 0. The molecule has 0 aromatic carbocycles.